The Hall–Kier alpha value is -1.22. The highest BCUT2D eigenvalue weighted by Crippen LogP contribution is 2.06. The maximum absolute atomic E-state index is 11.8. The van der Waals surface area contributed by atoms with Crippen LogP contribution in [0.1, 0.15) is 52.9 Å². The van der Waals surface area contributed by atoms with Crippen LogP contribution in [-0.2, 0) is 19.0 Å². The number of ether oxygens (including phenoxy) is 3. The molecule has 0 aliphatic rings. The molecule has 0 rings (SSSR count). The molecule has 0 bridgehead atoms. The maximum atomic E-state index is 11.8. The maximum Gasteiger partial charge on any atom is 0.407 e. The van der Waals surface area contributed by atoms with Gasteiger partial charge in [-0.05, 0) is 46.6 Å². The Morgan fingerprint density at radius 1 is 1.00 bits per heavy atom. The zero-order valence-electron chi connectivity index (χ0n) is 16.6. The third kappa shape index (κ3) is 16.3. The number of Topliss-reactive ketones (excluding diaryl/α,β-unsaturated/α-hetero) is 1. The number of rotatable bonds is 15. The highest BCUT2D eigenvalue weighted by atomic mass is 16.6. The highest BCUT2D eigenvalue weighted by molar-refractivity contribution is 5.83. The van der Waals surface area contributed by atoms with Crippen LogP contribution < -0.4 is 16.8 Å². The summed E-state index contributed by atoms with van der Waals surface area (Å²) >= 11 is 0. The van der Waals surface area contributed by atoms with Crippen molar-refractivity contribution < 1.29 is 23.8 Å². The second kappa shape index (κ2) is 14.9. The van der Waals surface area contributed by atoms with Gasteiger partial charge in [0.15, 0.2) is 0 Å². The summed E-state index contributed by atoms with van der Waals surface area (Å²) in [5.74, 6) is 0.0788. The van der Waals surface area contributed by atoms with E-state index in [4.69, 9.17) is 25.7 Å². The molecule has 1 amide bonds. The Bertz CT molecular complexity index is 386. The van der Waals surface area contributed by atoms with Crippen molar-refractivity contribution in [3.8, 4) is 0 Å². The second-order valence-electron chi connectivity index (χ2n) is 7.11. The van der Waals surface area contributed by atoms with Crippen LogP contribution >= 0.6 is 0 Å². The molecule has 0 unspecified atom stereocenters. The fourth-order valence-electron chi connectivity index (χ4n) is 2.06. The summed E-state index contributed by atoms with van der Waals surface area (Å²) in [6, 6.07) is -0.387. The number of hydrogen-bond acceptors (Lipinski definition) is 7. The lowest BCUT2D eigenvalue weighted by Crippen LogP contribution is -2.34. The molecule has 8 nitrogen and oxygen atoms in total. The predicted molar refractivity (Wildman–Crippen MR) is 101 cm³/mol. The average molecular weight is 376 g/mol. The van der Waals surface area contributed by atoms with Crippen LogP contribution in [0.4, 0.5) is 4.79 Å². The van der Waals surface area contributed by atoms with Gasteiger partial charge in [0, 0.05) is 19.6 Å². The van der Waals surface area contributed by atoms with Crippen molar-refractivity contribution in [3.05, 3.63) is 0 Å². The molecule has 8 heteroatoms. The molecule has 0 aliphatic heterocycles. The summed E-state index contributed by atoms with van der Waals surface area (Å²) in [5.41, 5.74) is 10.7. The molecule has 0 aromatic carbocycles. The van der Waals surface area contributed by atoms with Gasteiger partial charge in [0.2, 0.25) is 0 Å². The molecule has 0 saturated heterocycles. The largest absolute Gasteiger partial charge is 0.444 e. The number of carbonyl (C=O) groups is 2. The molecule has 5 N–H and O–H groups in total. The van der Waals surface area contributed by atoms with Crippen LogP contribution in [0.2, 0.25) is 0 Å². The van der Waals surface area contributed by atoms with E-state index in [1.54, 1.807) is 0 Å². The van der Waals surface area contributed by atoms with Crippen LogP contribution in [-0.4, -0.2) is 63.0 Å². The lowest BCUT2D eigenvalue weighted by atomic mass is 10.0. The van der Waals surface area contributed by atoms with E-state index >= 15 is 0 Å². The first-order chi connectivity index (χ1) is 12.3. The molecule has 26 heavy (non-hydrogen) atoms. The van der Waals surface area contributed by atoms with Gasteiger partial charge in [-0.2, -0.15) is 0 Å². The summed E-state index contributed by atoms with van der Waals surface area (Å²) in [6.45, 7) is 8.21. The molecule has 0 saturated carbocycles. The lowest BCUT2D eigenvalue weighted by Gasteiger charge is -2.19. The molecule has 1 atom stereocenters. The Balaban J connectivity index is 3.41. The van der Waals surface area contributed by atoms with Gasteiger partial charge in [-0.3, -0.25) is 4.79 Å². The molecule has 0 radical (unpaired) electrons. The number of amides is 1. The minimum Gasteiger partial charge on any atom is -0.444 e. The van der Waals surface area contributed by atoms with Crippen molar-refractivity contribution in [2.45, 2.75) is 64.5 Å². The van der Waals surface area contributed by atoms with E-state index in [2.05, 4.69) is 5.32 Å². The molecule has 0 aliphatic carbocycles. The number of unbranched alkanes of at least 4 members (excludes halogenated alkanes) is 1. The smallest absolute Gasteiger partial charge is 0.407 e. The van der Waals surface area contributed by atoms with Gasteiger partial charge in [0.1, 0.15) is 11.4 Å². The first kappa shape index (κ1) is 24.8. The molecule has 0 aromatic rings. The van der Waals surface area contributed by atoms with Crippen LogP contribution in [0.15, 0.2) is 0 Å². The summed E-state index contributed by atoms with van der Waals surface area (Å²) < 4.78 is 15.9. The first-order valence-electron chi connectivity index (χ1n) is 9.37. The topological polar surface area (TPSA) is 126 Å². The zero-order valence-corrected chi connectivity index (χ0v) is 16.6. The molecular formula is C18H37N3O5. The summed E-state index contributed by atoms with van der Waals surface area (Å²) in [5, 5.41) is 2.61. The molecule has 0 spiro atoms. The number of nitrogens with one attached hydrogen (secondary N) is 1. The first-order valence-corrected chi connectivity index (χ1v) is 9.37. The van der Waals surface area contributed by atoms with Gasteiger partial charge < -0.3 is 31.0 Å². The predicted octanol–water partition coefficient (Wildman–Crippen LogP) is 1.35. The quantitative estimate of drug-likeness (QED) is 0.369. The van der Waals surface area contributed by atoms with Gasteiger partial charge >= 0.3 is 6.09 Å². The molecular weight excluding hydrogens is 338 g/mol. The molecule has 0 fully saturated rings. The average Bonchev–Trinajstić information content (AvgIpc) is 2.54. The van der Waals surface area contributed by atoms with Crippen molar-refractivity contribution in [1.29, 1.82) is 0 Å². The van der Waals surface area contributed by atoms with Gasteiger partial charge in [0.05, 0.1) is 25.9 Å². The van der Waals surface area contributed by atoms with Crippen LogP contribution in [0.3, 0.4) is 0 Å². The highest BCUT2D eigenvalue weighted by Gasteiger charge is 2.15. The van der Waals surface area contributed by atoms with E-state index in [1.165, 1.54) is 0 Å². The number of ketones is 1. The Morgan fingerprint density at radius 2 is 1.65 bits per heavy atom. The van der Waals surface area contributed by atoms with Crippen molar-refractivity contribution >= 4 is 11.9 Å². The molecule has 154 valence electrons. The van der Waals surface area contributed by atoms with Gasteiger partial charge in [-0.25, -0.2) is 4.79 Å². The van der Waals surface area contributed by atoms with Crippen LogP contribution in [0.5, 0.6) is 0 Å². The number of nitrogens with two attached hydrogens (primary N) is 2. The van der Waals surface area contributed by atoms with Crippen molar-refractivity contribution in [1.82, 2.24) is 5.32 Å². The lowest BCUT2D eigenvalue weighted by molar-refractivity contribution is -0.120. The Labute approximate surface area is 157 Å². The fraction of sp³-hybridized carbons (Fsp3) is 0.889. The normalized spacial score (nSPS) is 12.7. The SMILES string of the molecule is CC(C)(C)OC(=O)NCCOCCOCCCC(=O)[C@@H](N)CCCCN. The standard InChI is InChI=1S/C18H37N3O5/c1-18(2,3)26-17(23)21-10-12-25-14-13-24-11-6-8-16(22)15(20)7-4-5-9-19/h15H,4-14,19-20H2,1-3H3,(H,21,23)/t15-/m0/s1. The minimum absolute atomic E-state index is 0.0788. The van der Waals surface area contributed by atoms with Crippen LogP contribution in [0, 0.1) is 0 Å². The van der Waals surface area contributed by atoms with Gasteiger partial charge in [-0.1, -0.05) is 6.42 Å². The summed E-state index contributed by atoms with van der Waals surface area (Å²) in [6.07, 6.45) is 3.12. The number of alkyl carbamates (subject to hydrolysis) is 1. The molecule has 0 aromatic heterocycles. The zero-order chi connectivity index (χ0) is 19.8. The monoisotopic (exact) mass is 375 g/mol. The van der Waals surface area contributed by atoms with Crippen molar-refractivity contribution in [3.63, 3.8) is 0 Å². The number of hydrogen-bond donors (Lipinski definition) is 3. The van der Waals surface area contributed by atoms with E-state index in [-0.39, 0.29) is 11.8 Å². The van der Waals surface area contributed by atoms with Gasteiger partial charge in [-0.15, -0.1) is 0 Å². The van der Waals surface area contributed by atoms with Gasteiger partial charge in [0.25, 0.3) is 0 Å². The van der Waals surface area contributed by atoms with E-state index < -0.39 is 11.7 Å². The van der Waals surface area contributed by atoms with E-state index in [0.717, 1.165) is 12.8 Å². The van der Waals surface area contributed by atoms with Crippen molar-refractivity contribution in [2.24, 2.45) is 11.5 Å². The summed E-state index contributed by atoms with van der Waals surface area (Å²) in [4.78, 5) is 23.2. The fourth-order valence-corrected chi connectivity index (χ4v) is 2.06. The van der Waals surface area contributed by atoms with E-state index in [0.29, 0.717) is 58.8 Å². The second-order valence-corrected chi connectivity index (χ2v) is 7.11. The summed E-state index contributed by atoms with van der Waals surface area (Å²) in [7, 11) is 0. The van der Waals surface area contributed by atoms with E-state index in [1.807, 2.05) is 20.8 Å². The van der Waals surface area contributed by atoms with E-state index in [9.17, 15) is 9.59 Å². The Kier molecular flexibility index (Phi) is 14.2. The van der Waals surface area contributed by atoms with Crippen molar-refractivity contribution in [2.75, 3.05) is 39.5 Å². The number of carbonyl (C=O) groups excluding carboxylic acids is 2. The Morgan fingerprint density at radius 3 is 2.27 bits per heavy atom. The third-order valence-corrected chi connectivity index (χ3v) is 3.38. The third-order valence-electron chi connectivity index (χ3n) is 3.38. The molecule has 0 heterocycles. The minimum atomic E-state index is -0.505. The van der Waals surface area contributed by atoms with Crippen LogP contribution in [0.25, 0.3) is 0 Å².